The van der Waals surface area contributed by atoms with E-state index in [1.54, 1.807) is 48.5 Å². The van der Waals surface area contributed by atoms with Gasteiger partial charge in [0.1, 0.15) is 23.1 Å². The molecule has 0 aromatic heterocycles. The van der Waals surface area contributed by atoms with E-state index in [1.807, 2.05) is 0 Å². The number of rotatable bonds is 9. The van der Waals surface area contributed by atoms with E-state index in [-0.39, 0.29) is 23.8 Å². The fourth-order valence-electron chi connectivity index (χ4n) is 4.15. The van der Waals surface area contributed by atoms with Gasteiger partial charge in [-0.15, -0.1) is 0 Å². The number of ether oxygens (including phenoxy) is 7. The minimum Gasteiger partial charge on any atom is -0.493 e. The van der Waals surface area contributed by atoms with Crippen molar-refractivity contribution in [3.63, 3.8) is 0 Å². The first-order valence-electron chi connectivity index (χ1n) is 11.4. The molecule has 0 saturated carbocycles. The Morgan fingerprint density at radius 3 is 2.18 bits per heavy atom. The third kappa shape index (κ3) is 5.08. The predicted molar refractivity (Wildman–Crippen MR) is 136 cm³/mol. The van der Waals surface area contributed by atoms with Crippen molar-refractivity contribution in [1.82, 2.24) is 0 Å². The van der Waals surface area contributed by atoms with E-state index in [4.69, 9.17) is 38.9 Å². The summed E-state index contributed by atoms with van der Waals surface area (Å²) in [4.78, 5) is 12.5. The number of carbonyl (C=O) groups excluding carboxylic acids is 1. The standard InChI is InChI=1S/C28H26N2O8/c1-32-20-7-5-6-8-21(20)36-15-25(31)37-17-9-10-18-22(13-17)38-28(30)19(14-29)26(18)16-11-23(33-2)27(35-4)24(12-16)34-3/h5-13,26H,15,30H2,1-4H3. The second kappa shape index (κ2) is 11.3. The summed E-state index contributed by atoms with van der Waals surface area (Å²) in [7, 11) is 6.03. The molecule has 0 radical (unpaired) electrons. The average Bonchev–Trinajstić information content (AvgIpc) is 2.94. The van der Waals surface area contributed by atoms with Gasteiger partial charge in [-0.2, -0.15) is 5.26 Å². The zero-order valence-electron chi connectivity index (χ0n) is 21.3. The van der Waals surface area contributed by atoms with Crippen LogP contribution in [-0.2, 0) is 4.79 Å². The quantitative estimate of drug-likeness (QED) is 0.328. The lowest BCUT2D eigenvalue weighted by Crippen LogP contribution is -2.22. The molecule has 0 saturated heterocycles. The summed E-state index contributed by atoms with van der Waals surface area (Å²) in [6, 6.07) is 17.4. The molecule has 1 aliphatic heterocycles. The smallest absolute Gasteiger partial charge is 0.349 e. The summed E-state index contributed by atoms with van der Waals surface area (Å²) in [6.07, 6.45) is 0. The number of hydrogen-bond donors (Lipinski definition) is 1. The molecule has 1 aliphatic rings. The van der Waals surface area contributed by atoms with Crippen molar-refractivity contribution >= 4 is 5.97 Å². The Labute approximate surface area is 219 Å². The summed E-state index contributed by atoms with van der Waals surface area (Å²) in [5, 5.41) is 9.89. The van der Waals surface area contributed by atoms with Gasteiger partial charge in [0.15, 0.2) is 29.6 Å². The van der Waals surface area contributed by atoms with Crippen molar-refractivity contribution in [2.45, 2.75) is 5.92 Å². The summed E-state index contributed by atoms with van der Waals surface area (Å²) >= 11 is 0. The van der Waals surface area contributed by atoms with Crippen LogP contribution in [0, 0.1) is 11.3 Å². The van der Waals surface area contributed by atoms with Crippen molar-refractivity contribution in [3.05, 3.63) is 77.2 Å². The molecule has 10 nitrogen and oxygen atoms in total. The van der Waals surface area contributed by atoms with Crippen LogP contribution in [0.1, 0.15) is 17.0 Å². The van der Waals surface area contributed by atoms with Crippen LogP contribution in [0.4, 0.5) is 0 Å². The number of nitrogens with zero attached hydrogens (tertiary/aromatic N) is 1. The maximum absolute atomic E-state index is 12.5. The first-order valence-corrected chi connectivity index (χ1v) is 11.4. The molecule has 4 rings (SSSR count). The number of esters is 1. The van der Waals surface area contributed by atoms with Crippen LogP contribution >= 0.6 is 0 Å². The number of hydrogen-bond acceptors (Lipinski definition) is 10. The SMILES string of the molecule is COc1ccccc1OCC(=O)Oc1ccc2c(c1)OC(N)=C(C#N)C2c1cc(OC)c(OC)c(OC)c1. The fourth-order valence-corrected chi connectivity index (χ4v) is 4.15. The molecular weight excluding hydrogens is 492 g/mol. The first kappa shape index (κ1) is 26.0. The Morgan fingerprint density at radius 2 is 1.58 bits per heavy atom. The van der Waals surface area contributed by atoms with Gasteiger partial charge < -0.3 is 38.9 Å². The normalized spacial score (nSPS) is 13.9. The molecule has 10 heteroatoms. The maximum atomic E-state index is 12.5. The number of para-hydroxylation sites is 2. The van der Waals surface area contributed by atoms with E-state index >= 15 is 0 Å². The highest BCUT2D eigenvalue weighted by molar-refractivity contribution is 5.74. The second-order valence-electron chi connectivity index (χ2n) is 8.00. The molecule has 0 amide bonds. The van der Waals surface area contributed by atoms with Gasteiger partial charge in [-0.1, -0.05) is 18.2 Å². The average molecular weight is 519 g/mol. The van der Waals surface area contributed by atoms with Crippen molar-refractivity contribution in [2.24, 2.45) is 5.73 Å². The molecule has 3 aromatic carbocycles. The lowest BCUT2D eigenvalue weighted by molar-refractivity contribution is -0.136. The Balaban J connectivity index is 1.62. The summed E-state index contributed by atoms with van der Waals surface area (Å²) in [5.41, 5.74) is 7.64. The molecule has 0 bridgehead atoms. The van der Waals surface area contributed by atoms with Crippen molar-refractivity contribution in [2.75, 3.05) is 35.0 Å². The van der Waals surface area contributed by atoms with Gasteiger partial charge in [0.25, 0.3) is 0 Å². The van der Waals surface area contributed by atoms with E-state index < -0.39 is 11.9 Å². The number of allylic oxidation sites excluding steroid dienone is 1. The van der Waals surface area contributed by atoms with E-state index in [9.17, 15) is 10.1 Å². The van der Waals surface area contributed by atoms with Gasteiger partial charge in [0, 0.05) is 11.6 Å². The van der Waals surface area contributed by atoms with Crippen molar-refractivity contribution in [3.8, 4) is 46.3 Å². The fraction of sp³-hybridized carbons (Fsp3) is 0.214. The molecule has 0 spiro atoms. The number of carbonyl (C=O) groups is 1. The molecule has 0 aliphatic carbocycles. The van der Waals surface area contributed by atoms with Crippen LogP contribution in [-0.4, -0.2) is 41.0 Å². The van der Waals surface area contributed by atoms with Gasteiger partial charge in [0.2, 0.25) is 11.6 Å². The summed E-state index contributed by atoms with van der Waals surface area (Å²) in [5.74, 6) is 1.42. The Kier molecular flexibility index (Phi) is 7.77. The van der Waals surface area contributed by atoms with Crippen molar-refractivity contribution < 1.29 is 38.0 Å². The van der Waals surface area contributed by atoms with Crippen molar-refractivity contribution in [1.29, 1.82) is 5.26 Å². The zero-order chi connectivity index (χ0) is 27.2. The van der Waals surface area contributed by atoms with Crippen LogP contribution < -0.4 is 38.9 Å². The van der Waals surface area contributed by atoms with Crippen LogP contribution in [0.2, 0.25) is 0 Å². The van der Waals surface area contributed by atoms with Gasteiger partial charge in [-0.25, -0.2) is 4.79 Å². The number of nitrogens with two attached hydrogens (primary N) is 1. The van der Waals surface area contributed by atoms with E-state index in [0.717, 1.165) is 0 Å². The second-order valence-corrected chi connectivity index (χ2v) is 8.00. The van der Waals surface area contributed by atoms with Gasteiger partial charge in [-0.3, -0.25) is 0 Å². The molecule has 1 unspecified atom stereocenters. The van der Waals surface area contributed by atoms with Crippen LogP contribution in [0.5, 0.6) is 40.2 Å². The summed E-state index contributed by atoms with van der Waals surface area (Å²) < 4.78 is 38.3. The molecule has 0 fully saturated rings. The number of benzene rings is 3. The molecule has 2 N–H and O–H groups in total. The highest BCUT2D eigenvalue weighted by Crippen LogP contribution is 2.47. The number of fused-ring (bicyclic) bond motifs is 1. The lowest BCUT2D eigenvalue weighted by Gasteiger charge is -2.27. The Hall–Kier alpha value is -5.04. The van der Waals surface area contributed by atoms with Crippen LogP contribution in [0.3, 0.4) is 0 Å². The zero-order valence-corrected chi connectivity index (χ0v) is 21.3. The van der Waals surface area contributed by atoms with Gasteiger partial charge in [0.05, 0.1) is 34.4 Å². The summed E-state index contributed by atoms with van der Waals surface area (Å²) in [6.45, 7) is -0.340. The molecule has 1 atom stereocenters. The number of methoxy groups -OCH3 is 4. The highest BCUT2D eigenvalue weighted by atomic mass is 16.6. The lowest BCUT2D eigenvalue weighted by atomic mass is 9.83. The van der Waals surface area contributed by atoms with Gasteiger partial charge in [-0.05, 0) is 35.9 Å². The largest absolute Gasteiger partial charge is 0.493 e. The molecular formula is C28H26N2O8. The minimum atomic E-state index is -0.630. The Morgan fingerprint density at radius 1 is 0.921 bits per heavy atom. The van der Waals surface area contributed by atoms with E-state index in [1.165, 1.54) is 34.5 Å². The monoisotopic (exact) mass is 518 g/mol. The minimum absolute atomic E-state index is 0.0678. The number of nitriles is 1. The van der Waals surface area contributed by atoms with Crippen LogP contribution in [0.15, 0.2) is 66.1 Å². The van der Waals surface area contributed by atoms with Crippen LogP contribution in [0.25, 0.3) is 0 Å². The highest BCUT2D eigenvalue weighted by Gasteiger charge is 2.32. The first-order chi connectivity index (χ1) is 18.4. The predicted octanol–water partition coefficient (Wildman–Crippen LogP) is 3.92. The Bertz CT molecular complexity index is 1400. The molecule has 1 heterocycles. The van der Waals surface area contributed by atoms with E-state index in [0.29, 0.717) is 45.6 Å². The maximum Gasteiger partial charge on any atom is 0.349 e. The third-order valence-corrected chi connectivity index (χ3v) is 5.86. The van der Waals surface area contributed by atoms with E-state index in [2.05, 4.69) is 6.07 Å². The topological polar surface area (TPSA) is 131 Å². The third-order valence-electron chi connectivity index (χ3n) is 5.86. The molecule has 196 valence electrons. The molecule has 3 aromatic rings. The molecule has 38 heavy (non-hydrogen) atoms. The van der Waals surface area contributed by atoms with Gasteiger partial charge >= 0.3 is 5.97 Å².